The summed E-state index contributed by atoms with van der Waals surface area (Å²) in [6.07, 6.45) is 0.879. The minimum Gasteiger partial charge on any atom is -0.502 e. The number of benzene rings is 2. The summed E-state index contributed by atoms with van der Waals surface area (Å²) in [6, 6.07) is 8.45. The normalized spacial score (nSPS) is 10.5. The Morgan fingerprint density at radius 2 is 1.90 bits per heavy atom. The first kappa shape index (κ1) is 21.1. The number of amides is 1. The van der Waals surface area contributed by atoms with Crippen LogP contribution in [0.2, 0.25) is 0 Å². The number of nitro groups is 2. The molecule has 0 aliphatic heterocycles. The van der Waals surface area contributed by atoms with Crippen molar-refractivity contribution in [3.05, 3.63) is 62.2 Å². The number of hydrazone groups is 1. The van der Waals surface area contributed by atoms with Gasteiger partial charge in [-0.1, -0.05) is 0 Å². The lowest BCUT2D eigenvalue weighted by molar-refractivity contribution is -0.394. The van der Waals surface area contributed by atoms with Crippen LogP contribution in [0.25, 0.3) is 0 Å². The summed E-state index contributed by atoms with van der Waals surface area (Å²) in [5, 5.41) is 38.0. The molecule has 0 atom stereocenters. The molecule has 0 bridgehead atoms. The molecular formula is C17H17N5O7. The number of rotatable bonds is 9. The highest BCUT2D eigenvalue weighted by molar-refractivity contribution is 5.88. The van der Waals surface area contributed by atoms with Crippen molar-refractivity contribution in [1.29, 1.82) is 0 Å². The number of nitrogens with zero attached hydrogens (tertiary/aromatic N) is 3. The number of nitro benzene ring substituents is 2. The fourth-order valence-corrected chi connectivity index (χ4v) is 2.20. The number of aromatic hydroxyl groups is 1. The Hall–Kier alpha value is -4.22. The smallest absolute Gasteiger partial charge is 0.318 e. The quantitative estimate of drug-likeness (QED) is 0.325. The monoisotopic (exact) mass is 403 g/mol. The molecule has 0 saturated carbocycles. The highest BCUT2D eigenvalue weighted by atomic mass is 16.6. The van der Waals surface area contributed by atoms with Crippen LogP contribution >= 0.6 is 0 Å². The summed E-state index contributed by atoms with van der Waals surface area (Å²) in [6.45, 7) is 2.27. The number of phenols is 1. The average molecular weight is 403 g/mol. The van der Waals surface area contributed by atoms with Crippen molar-refractivity contribution < 1.29 is 24.5 Å². The molecule has 29 heavy (non-hydrogen) atoms. The fourth-order valence-electron chi connectivity index (χ4n) is 2.20. The van der Waals surface area contributed by atoms with E-state index in [9.17, 15) is 30.1 Å². The standard InChI is InChI=1S/C17H17N5O7/c1-2-29-14-5-3-12(4-6-14)18-10-16(23)20-19-9-11-7-13(21(25)26)8-15(17(11)24)22(27)28/h3-9,18,24H,2,10H2,1H3,(H,20,23)/b19-9+. The molecule has 2 rings (SSSR count). The molecule has 0 unspecified atom stereocenters. The van der Waals surface area contributed by atoms with Gasteiger partial charge in [0.2, 0.25) is 5.75 Å². The molecule has 1 amide bonds. The summed E-state index contributed by atoms with van der Waals surface area (Å²) in [7, 11) is 0. The van der Waals surface area contributed by atoms with E-state index in [0.29, 0.717) is 24.1 Å². The lowest BCUT2D eigenvalue weighted by atomic mass is 10.1. The van der Waals surface area contributed by atoms with Crippen molar-refractivity contribution in [3.8, 4) is 11.5 Å². The van der Waals surface area contributed by atoms with Crippen LogP contribution in [-0.4, -0.2) is 40.2 Å². The summed E-state index contributed by atoms with van der Waals surface area (Å²) in [5.74, 6) is -0.654. The predicted molar refractivity (Wildman–Crippen MR) is 103 cm³/mol. The first-order chi connectivity index (χ1) is 13.8. The first-order valence-electron chi connectivity index (χ1n) is 8.26. The molecule has 0 aliphatic carbocycles. The Labute approximate surface area is 164 Å². The van der Waals surface area contributed by atoms with Crippen LogP contribution in [-0.2, 0) is 4.79 Å². The zero-order valence-electron chi connectivity index (χ0n) is 15.2. The summed E-state index contributed by atoms with van der Waals surface area (Å²) < 4.78 is 5.31. The largest absolute Gasteiger partial charge is 0.502 e. The topological polar surface area (TPSA) is 169 Å². The average Bonchev–Trinajstić information content (AvgIpc) is 2.68. The van der Waals surface area contributed by atoms with E-state index in [1.807, 2.05) is 6.92 Å². The van der Waals surface area contributed by atoms with Gasteiger partial charge in [-0.25, -0.2) is 5.43 Å². The summed E-state index contributed by atoms with van der Waals surface area (Å²) >= 11 is 0. The number of hydrogen-bond acceptors (Lipinski definition) is 9. The number of ether oxygens (including phenoxy) is 1. The molecule has 0 fully saturated rings. The van der Waals surface area contributed by atoms with Gasteiger partial charge in [0.1, 0.15) is 5.75 Å². The summed E-state index contributed by atoms with van der Waals surface area (Å²) in [5.41, 5.74) is 1.09. The van der Waals surface area contributed by atoms with Crippen molar-refractivity contribution >= 4 is 29.2 Å². The maximum absolute atomic E-state index is 11.8. The number of carbonyl (C=O) groups is 1. The number of nitrogens with one attached hydrogen (secondary N) is 2. The predicted octanol–water partition coefficient (Wildman–Crippen LogP) is 2.17. The van der Waals surface area contributed by atoms with Crippen LogP contribution in [0.4, 0.5) is 17.1 Å². The molecule has 0 spiro atoms. The fraction of sp³-hybridized carbons (Fsp3) is 0.176. The van der Waals surface area contributed by atoms with Crippen molar-refractivity contribution in [2.24, 2.45) is 5.10 Å². The van der Waals surface area contributed by atoms with Crippen molar-refractivity contribution in [2.75, 3.05) is 18.5 Å². The number of non-ortho nitro benzene ring substituents is 1. The molecule has 2 aromatic rings. The molecular weight excluding hydrogens is 386 g/mol. The summed E-state index contributed by atoms with van der Waals surface area (Å²) in [4.78, 5) is 31.8. The zero-order valence-corrected chi connectivity index (χ0v) is 15.2. The van der Waals surface area contributed by atoms with Gasteiger partial charge in [0.05, 0.1) is 40.8 Å². The number of anilines is 1. The second-order valence-corrected chi connectivity index (χ2v) is 5.52. The minimum atomic E-state index is -0.959. The van der Waals surface area contributed by atoms with Gasteiger partial charge in [0.15, 0.2) is 0 Å². The van der Waals surface area contributed by atoms with Crippen molar-refractivity contribution in [3.63, 3.8) is 0 Å². The van der Waals surface area contributed by atoms with Gasteiger partial charge in [0.25, 0.3) is 11.6 Å². The third-order valence-electron chi connectivity index (χ3n) is 3.52. The third kappa shape index (κ3) is 5.89. The number of phenolic OH excluding ortho intramolecular Hbond substituents is 1. The Morgan fingerprint density at radius 1 is 1.21 bits per heavy atom. The Bertz CT molecular complexity index is 944. The van der Waals surface area contributed by atoms with Crippen molar-refractivity contribution in [2.45, 2.75) is 6.92 Å². The molecule has 0 aromatic heterocycles. The molecule has 3 N–H and O–H groups in total. The lowest BCUT2D eigenvalue weighted by Crippen LogP contribution is -2.25. The number of hydrogen-bond donors (Lipinski definition) is 3. The van der Waals surface area contributed by atoms with Crippen LogP contribution < -0.4 is 15.5 Å². The minimum absolute atomic E-state index is 0.133. The molecule has 152 valence electrons. The Morgan fingerprint density at radius 3 is 2.48 bits per heavy atom. The van der Waals surface area contributed by atoms with Gasteiger partial charge in [-0.3, -0.25) is 25.0 Å². The van der Waals surface area contributed by atoms with E-state index < -0.39 is 32.9 Å². The zero-order chi connectivity index (χ0) is 21.4. The highest BCUT2D eigenvalue weighted by Gasteiger charge is 2.23. The van der Waals surface area contributed by atoms with E-state index in [1.165, 1.54) is 0 Å². The molecule has 0 radical (unpaired) electrons. The van der Waals surface area contributed by atoms with Gasteiger partial charge in [-0.15, -0.1) is 0 Å². The van der Waals surface area contributed by atoms with Crippen LogP contribution in [0.5, 0.6) is 11.5 Å². The van der Waals surface area contributed by atoms with Gasteiger partial charge in [-0.05, 0) is 31.2 Å². The van der Waals surface area contributed by atoms with Crippen LogP contribution in [0, 0.1) is 20.2 Å². The van der Waals surface area contributed by atoms with Crippen LogP contribution in [0.1, 0.15) is 12.5 Å². The Kier molecular flexibility index (Phi) is 7.01. The SMILES string of the molecule is CCOc1ccc(NCC(=O)N/N=C/c2cc([N+](=O)[O-])cc([N+](=O)[O-])c2O)cc1. The molecule has 12 nitrogen and oxygen atoms in total. The van der Waals surface area contributed by atoms with E-state index in [0.717, 1.165) is 12.3 Å². The Balaban J connectivity index is 1.99. The van der Waals surface area contributed by atoms with Crippen LogP contribution in [0.15, 0.2) is 41.5 Å². The molecule has 2 aromatic carbocycles. The second-order valence-electron chi connectivity index (χ2n) is 5.52. The lowest BCUT2D eigenvalue weighted by Gasteiger charge is -2.07. The van der Waals surface area contributed by atoms with Gasteiger partial charge >= 0.3 is 5.69 Å². The molecule has 0 aliphatic rings. The molecule has 0 saturated heterocycles. The van der Waals surface area contributed by atoms with Gasteiger partial charge < -0.3 is 15.2 Å². The van der Waals surface area contributed by atoms with E-state index in [-0.39, 0.29) is 12.1 Å². The molecule has 12 heteroatoms. The van der Waals surface area contributed by atoms with Crippen molar-refractivity contribution in [1.82, 2.24) is 5.43 Å². The maximum Gasteiger partial charge on any atom is 0.318 e. The second kappa shape index (κ2) is 9.64. The van der Waals surface area contributed by atoms with E-state index >= 15 is 0 Å². The van der Waals surface area contributed by atoms with E-state index in [2.05, 4.69) is 15.8 Å². The number of carbonyl (C=O) groups excluding carboxylic acids is 1. The van der Waals surface area contributed by atoms with Gasteiger partial charge in [0, 0.05) is 11.8 Å². The maximum atomic E-state index is 11.8. The van der Waals surface area contributed by atoms with E-state index in [1.54, 1.807) is 24.3 Å². The highest BCUT2D eigenvalue weighted by Crippen LogP contribution is 2.33. The van der Waals surface area contributed by atoms with Gasteiger partial charge in [-0.2, -0.15) is 5.10 Å². The first-order valence-corrected chi connectivity index (χ1v) is 8.26. The van der Waals surface area contributed by atoms with E-state index in [4.69, 9.17) is 4.74 Å². The molecule has 0 heterocycles. The third-order valence-corrected chi connectivity index (χ3v) is 3.52. The van der Waals surface area contributed by atoms with Crippen LogP contribution in [0.3, 0.4) is 0 Å².